The molecule has 0 unspecified atom stereocenters. The molecular weight excluding hydrogens is 304 g/mol. The summed E-state index contributed by atoms with van der Waals surface area (Å²) in [7, 11) is 0. The van der Waals surface area contributed by atoms with Gasteiger partial charge in [-0.25, -0.2) is 4.79 Å². The summed E-state index contributed by atoms with van der Waals surface area (Å²) in [6.45, 7) is 7.42. The number of amides is 2. The van der Waals surface area contributed by atoms with Crippen molar-refractivity contribution in [3.63, 3.8) is 0 Å². The van der Waals surface area contributed by atoms with Crippen LogP contribution in [-0.4, -0.2) is 19.2 Å². The lowest BCUT2D eigenvalue weighted by Gasteiger charge is -2.13. The number of anilines is 1. The highest BCUT2D eigenvalue weighted by molar-refractivity contribution is 5.89. The minimum atomic E-state index is -0.259. The summed E-state index contributed by atoms with van der Waals surface area (Å²) < 4.78 is 11.1. The Hall–Kier alpha value is -2.69. The van der Waals surface area contributed by atoms with Crippen LogP contribution < -0.4 is 20.1 Å². The highest BCUT2D eigenvalue weighted by Gasteiger charge is 2.08. The predicted octanol–water partition coefficient (Wildman–Crippen LogP) is 4.11. The summed E-state index contributed by atoms with van der Waals surface area (Å²) in [6, 6.07) is 13.1. The molecule has 2 rings (SSSR count). The van der Waals surface area contributed by atoms with Gasteiger partial charge in [0.05, 0.1) is 13.2 Å². The van der Waals surface area contributed by atoms with Gasteiger partial charge in [-0.05, 0) is 44.0 Å². The molecule has 2 aromatic carbocycles. The standard InChI is InChI=1S/C19H24N2O3/c1-4-23-17-11-10-16(12-18(17)24-5-2)21-19(22)20-13-15-9-7-6-8-14(15)3/h6-12H,4-5,13H2,1-3H3,(H2,20,21,22). The molecule has 0 spiro atoms. The molecule has 0 radical (unpaired) electrons. The molecule has 0 aliphatic heterocycles. The molecular formula is C19H24N2O3. The van der Waals surface area contributed by atoms with Gasteiger partial charge in [-0.1, -0.05) is 24.3 Å². The second kappa shape index (κ2) is 8.82. The third-order valence-corrected chi connectivity index (χ3v) is 3.50. The molecule has 0 fully saturated rings. The quantitative estimate of drug-likeness (QED) is 0.804. The van der Waals surface area contributed by atoms with Crippen molar-refractivity contribution < 1.29 is 14.3 Å². The molecule has 0 aromatic heterocycles. The van der Waals surface area contributed by atoms with E-state index in [2.05, 4.69) is 10.6 Å². The number of carbonyl (C=O) groups is 1. The average molecular weight is 328 g/mol. The van der Waals surface area contributed by atoms with E-state index in [4.69, 9.17) is 9.47 Å². The van der Waals surface area contributed by atoms with Crippen LogP contribution in [0.2, 0.25) is 0 Å². The first-order chi connectivity index (χ1) is 11.6. The lowest BCUT2D eigenvalue weighted by atomic mass is 10.1. The summed E-state index contributed by atoms with van der Waals surface area (Å²) in [5.41, 5.74) is 2.90. The van der Waals surface area contributed by atoms with Crippen molar-refractivity contribution in [3.8, 4) is 11.5 Å². The van der Waals surface area contributed by atoms with Gasteiger partial charge in [0.2, 0.25) is 0 Å². The number of hydrogen-bond donors (Lipinski definition) is 2. The number of carbonyl (C=O) groups excluding carboxylic acids is 1. The zero-order valence-electron chi connectivity index (χ0n) is 14.4. The van der Waals surface area contributed by atoms with E-state index in [0.717, 1.165) is 11.1 Å². The van der Waals surface area contributed by atoms with Crippen molar-refractivity contribution in [1.29, 1.82) is 0 Å². The number of aryl methyl sites for hydroxylation is 1. The van der Waals surface area contributed by atoms with Crippen LogP contribution in [0.25, 0.3) is 0 Å². The van der Waals surface area contributed by atoms with Gasteiger partial charge in [0, 0.05) is 18.3 Å². The first-order valence-electron chi connectivity index (χ1n) is 8.13. The maximum Gasteiger partial charge on any atom is 0.319 e. The van der Waals surface area contributed by atoms with Crippen LogP contribution in [0.3, 0.4) is 0 Å². The Kier molecular flexibility index (Phi) is 6.49. The molecule has 24 heavy (non-hydrogen) atoms. The molecule has 2 N–H and O–H groups in total. The zero-order chi connectivity index (χ0) is 17.4. The van der Waals surface area contributed by atoms with Gasteiger partial charge in [-0.15, -0.1) is 0 Å². The molecule has 2 amide bonds. The van der Waals surface area contributed by atoms with Crippen LogP contribution in [0.1, 0.15) is 25.0 Å². The van der Waals surface area contributed by atoms with Crippen LogP contribution in [0.5, 0.6) is 11.5 Å². The fraction of sp³-hybridized carbons (Fsp3) is 0.316. The first kappa shape index (κ1) is 17.7. The highest BCUT2D eigenvalue weighted by atomic mass is 16.5. The normalized spacial score (nSPS) is 10.1. The van der Waals surface area contributed by atoms with Gasteiger partial charge in [0.25, 0.3) is 0 Å². The Labute approximate surface area is 143 Å². The molecule has 0 saturated heterocycles. The van der Waals surface area contributed by atoms with Gasteiger partial charge in [0.15, 0.2) is 11.5 Å². The molecule has 2 aromatic rings. The number of ether oxygens (including phenoxy) is 2. The van der Waals surface area contributed by atoms with Crippen molar-refractivity contribution in [2.75, 3.05) is 18.5 Å². The van der Waals surface area contributed by atoms with E-state index in [1.807, 2.05) is 45.0 Å². The Balaban J connectivity index is 1.98. The maximum absolute atomic E-state index is 12.1. The van der Waals surface area contributed by atoms with Crippen molar-refractivity contribution in [3.05, 3.63) is 53.6 Å². The Bertz CT molecular complexity index is 686. The maximum atomic E-state index is 12.1. The molecule has 0 atom stereocenters. The number of benzene rings is 2. The molecule has 5 heteroatoms. The number of nitrogens with one attached hydrogen (secondary N) is 2. The fourth-order valence-electron chi connectivity index (χ4n) is 2.29. The van der Waals surface area contributed by atoms with E-state index >= 15 is 0 Å². The Morgan fingerprint density at radius 2 is 1.71 bits per heavy atom. The molecule has 0 aliphatic carbocycles. The van der Waals surface area contributed by atoms with Gasteiger partial charge >= 0.3 is 6.03 Å². The van der Waals surface area contributed by atoms with Crippen molar-refractivity contribution in [2.24, 2.45) is 0 Å². The Morgan fingerprint density at radius 3 is 2.42 bits per heavy atom. The lowest BCUT2D eigenvalue weighted by molar-refractivity contribution is 0.251. The van der Waals surface area contributed by atoms with E-state index < -0.39 is 0 Å². The van der Waals surface area contributed by atoms with Crippen LogP contribution in [-0.2, 0) is 6.54 Å². The van der Waals surface area contributed by atoms with E-state index in [9.17, 15) is 4.79 Å². The second-order valence-electron chi connectivity index (χ2n) is 5.26. The summed E-state index contributed by atoms with van der Waals surface area (Å²) >= 11 is 0. The molecule has 0 heterocycles. The molecule has 0 aliphatic rings. The largest absolute Gasteiger partial charge is 0.490 e. The summed E-state index contributed by atoms with van der Waals surface area (Å²) in [5, 5.41) is 5.67. The van der Waals surface area contributed by atoms with E-state index in [0.29, 0.717) is 36.9 Å². The smallest absolute Gasteiger partial charge is 0.319 e. The molecule has 0 bridgehead atoms. The van der Waals surface area contributed by atoms with Gasteiger partial charge in [-0.2, -0.15) is 0 Å². The first-order valence-corrected chi connectivity index (χ1v) is 8.13. The highest BCUT2D eigenvalue weighted by Crippen LogP contribution is 2.30. The molecule has 0 saturated carbocycles. The van der Waals surface area contributed by atoms with Crippen LogP contribution in [0, 0.1) is 6.92 Å². The minimum absolute atomic E-state index is 0.259. The van der Waals surface area contributed by atoms with Crippen LogP contribution in [0.4, 0.5) is 10.5 Å². The lowest BCUT2D eigenvalue weighted by Crippen LogP contribution is -2.28. The topological polar surface area (TPSA) is 59.6 Å². The average Bonchev–Trinajstić information content (AvgIpc) is 2.57. The third-order valence-electron chi connectivity index (χ3n) is 3.50. The minimum Gasteiger partial charge on any atom is -0.490 e. The summed E-state index contributed by atoms with van der Waals surface area (Å²) in [5.74, 6) is 1.29. The zero-order valence-corrected chi connectivity index (χ0v) is 14.4. The van der Waals surface area contributed by atoms with Crippen LogP contribution in [0.15, 0.2) is 42.5 Å². The Morgan fingerprint density at radius 1 is 1.00 bits per heavy atom. The number of rotatable bonds is 7. The van der Waals surface area contributed by atoms with Gasteiger partial charge in [-0.3, -0.25) is 0 Å². The van der Waals surface area contributed by atoms with E-state index in [-0.39, 0.29) is 6.03 Å². The van der Waals surface area contributed by atoms with E-state index in [1.54, 1.807) is 18.2 Å². The van der Waals surface area contributed by atoms with Gasteiger partial charge in [0.1, 0.15) is 0 Å². The summed E-state index contributed by atoms with van der Waals surface area (Å²) in [4.78, 5) is 12.1. The fourth-order valence-corrected chi connectivity index (χ4v) is 2.29. The molecule has 5 nitrogen and oxygen atoms in total. The monoisotopic (exact) mass is 328 g/mol. The third kappa shape index (κ3) is 4.91. The number of hydrogen-bond acceptors (Lipinski definition) is 3. The van der Waals surface area contributed by atoms with Crippen LogP contribution >= 0.6 is 0 Å². The second-order valence-corrected chi connectivity index (χ2v) is 5.26. The predicted molar refractivity (Wildman–Crippen MR) is 95.8 cm³/mol. The van der Waals surface area contributed by atoms with Crippen molar-refractivity contribution in [1.82, 2.24) is 5.32 Å². The number of urea groups is 1. The van der Waals surface area contributed by atoms with E-state index in [1.165, 1.54) is 0 Å². The van der Waals surface area contributed by atoms with Crippen molar-refractivity contribution >= 4 is 11.7 Å². The molecule has 128 valence electrons. The summed E-state index contributed by atoms with van der Waals surface area (Å²) in [6.07, 6.45) is 0. The van der Waals surface area contributed by atoms with Gasteiger partial charge < -0.3 is 20.1 Å². The SMILES string of the molecule is CCOc1ccc(NC(=O)NCc2ccccc2C)cc1OCC. The van der Waals surface area contributed by atoms with Crippen molar-refractivity contribution in [2.45, 2.75) is 27.3 Å².